The van der Waals surface area contributed by atoms with Gasteiger partial charge < -0.3 is 9.47 Å². The number of nitrogens with zero attached hydrogens (tertiary/aromatic N) is 1. The average Bonchev–Trinajstić information content (AvgIpc) is 3.26. The molecule has 3 aliphatic rings. The maximum Gasteiger partial charge on any atom is 0.310 e. The van der Waals surface area contributed by atoms with Crippen LogP contribution in [0, 0.1) is 53.7 Å². The van der Waals surface area contributed by atoms with Gasteiger partial charge in [0.05, 0.1) is 18.2 Å². The van der Waals surface area contributed by atoms with Crippen molar-refractivity contribution in [3.05, 3.63) is 60.2 Å². The van der Waals surface area contributed by atoms with Crippen molar-refractivity contribution in [1.82, 2.24) is 4.98 Å². The summed E-state index contributed by atoms with van der Waals surface area (Å²) in [5.74, 6) is 3.52. The Morgan fingerprint density at radius 1 is 1.23 bits per heavy atom. The Balaban J connectivity index is 1.30. The third-order valence-electron chi connectivity index (χ3n) is 8.90. The standard InChI is InChI=1S/C33H36FNO4/c1-3-30-32-28(16-14-26-13-12-23(20-35-26)22-8-6-9-25(34)18-22)27-15-11-21(7-5-10-31(36)38-4-2)17-24(27)19-29(32)33(37)39-30/h1,6,8-9,12-14,16,18,20-21,24,27-30,32H,4-5,7,10-11,15,17,19H2,2H3/b16-14+/t21-,24-,27+,28-,29+,30+,32+/m1/s1. The van der Waals surface area contributed by atoms with E-state index in [1.54, 1.807) is 12.3 Å². The normalized spacial score (nSPS) is 29.8. The van der Waals surface area contributed by atoms with Crippen molar-refractivity contribution in [2.24, 2.45) is 35.5 Å². The van der Waals surface area contributed by atoms with Crippen LogP contribution in [0.5, 0.6) is 0 Å². The number of allylic oxidation sites excluding steroid dienone is 1. The molecule has 0 N–H and O–H groups in total. The lowest BCUT2D eigenvalue weighted by Crippen LogP contribution is -2.44. The lowest BCUT2D eigenvalue weighted by atomic mass is 9.55. The number of carbonyl (C=O) groups is 2. The Bertz CT molecular complexity index is 1250. The fourth-order valence-electron chi connectivity index (χ4n) is 7.16. The van der Waals surface area contributed by atoms with Gasteiger partial charge >= 0.3 is 11.9 Å². The molecular weight excluding hydrogens is 493 g/mol. The molecule has 0 amide bonds. The van der Waals surface area contributed by atoms with E-state index >= 15 is 0 Å². The van der Waals surface area contributed by atoms with Crippen LogP contribution in [0.3, 0.4) is 0 Å². The van der Waals surface area contributed by atoms with Gasteiger partial charge in [-0.3, -0.25) is 14.6 Å². The van der Waals surface area contributed by atoms with Crippen molar-refractivity contribution in [3.63, 3.8) is 0 Å². The third-order valence-corrected chi connectivity index (χ3v) is 8.90. The summed E-state index contributed by atoms with van der Waals surface area (Å²) >= 11 is 0. The van der Waals surface area contributed by atoms with Crippen molar-refractivity contribution in [2.75, 3.05) is 6.61 Å². The average molecular weight is 530 g/mol. The maximum atomic E-state index is 13.6. The molecule has 5 nitrogen and oxygen atoms in total. The highest BCUT2D eigenvalue weighted by Crippen LogP contribution is 2.55. The number of hydrogen-bond donors (Lipinski definition) is 0. The Hall–Kier alpha value is -3.46. The quantitative estimate of drug-likeness (QED) is 0.289. The van der Waals surface area contributed by atoms with Gasteiger partial charge in [0.1, 0.15) is 5.82 Å². The van der Waals surface area contributed by atoms with Gasteiger partial charge in [-0.2, -0.15) is 0 Å². The van der Waals surface area contributed by atoms with E-state index in [1.165, 1.54) is 12.1 Å². The van der Waals surface area contributed by atoms with E-state index in [4.69, 9.17) is 15.9 Å². The number of ether oxygens (including phenoxy) is 2. The zero-order valence-electron chi connectivity index (χ0n) is 22.4. The van der Waals surface area contributed by atoms with Gasteiger partial charge in [-0.15, -0.1) is 6.42 Å². The summed E-state index contributed by atoms with van der Waals surface area (Å²) in [6.07, 6.45) is 17.7. The number of esters is 2. The SMILES string of the molecule is C#C[C@@H]1OC(=O)[C@H]2C[C@H]3C[C@H](CCCC(=O)OCC)CC[C@@H]3[C@@H](/C=C/c3ccc(-c4cccc(F)c4)cn3)[C@H]12. The molecule has 2 aromatic rings. The highest BCUT2D eigenvalue weighted by Gasteiger charge is 2.55. The lowest BCUT2D eigenvalue weighted by Gasteiger charge is -2.47. The van der Waals surface area contributed by atoms with Crippen LogP contribution in [-0.2, 0) is 19.1 Å². The molecule has 5 rings (SSSR count). The fourth-order valence-corrected chi connectivity index (χ4v) is 7.16. The second-order valence-electron chi connectivity index (χ2n) is 11.2. The fraction of sp³-hybridized carbons (Fsp3) is 0.485. The molecule has 1 aliphatic heterocycles. The number of benzene rings is 1. The molecule has 3 fully saturated rings. The molecule has 6 heteroatoms. The van der Waals surface area contributed by atoms with Crippen molar-refractivity contribution in [1.29, 1.82) is 0 Å². The number of rotatable bonds is 8. The van der Waals surface area contributed by atoms with Gasteiger partial charge in [0, 0.05) is 24.1 Å². The molecule has 1 aromatic carbocycles. The second-order valence-corrected chi connectivity index (χ2v) is 11.2. The van der Waals surface area contributed by atoms with Crippen LogP contribution in [0.4, 0.5) is 4.39 Å². The summed E-state index contributed by atoms with van der Waals surface area (Å²) in [6.45, 7) is 2.25. The first-order valence-corrected chi connectivity index (χ1v) is 14.2. The topological polar surface area (TPSA) is 65.5 Å². The molecule has 2 saturated carbocycles. The zero-order valence-corrected chi connectivity index (χ0v) is 22.4. The van der Waals surface area contributed by atoms with Crippen molar-refractivity contribution < 1.29 is 23.5 Å². The molecule has 2 heterocycles. The minimum Gasteiger partial charge on any atom is -0.466 e. The number of terminal acetylenes is 1. The maximum absolute atomic E-state index is 13.6. The predicted molar refractivity (Wildman–Crippen MR) is 147 cm³/mol. The molecule has 2 aliphatic carbocycles. The molecule has 0 radical (unpaired) electrons. The minimum absolute atomic E-state index is 0.0214. The minimum atomic E-state index is -0.497. The summed E-state index contributed by atoms with van der Waals surface area (Å²) in [5.41, 5.74) is 2.45. The van der Waals surface area contributed by atoms with Crippen LogP contribution >= 0.6 is 0 Å². The Morgan fingerprint density at radius 3 is 2.85 bits per heavy atom. The van der Waals surface area contributed by atoms with E-state index in [-0.39, 0.29) is 35.5 Å². The molecule has 0 spiro atoms. The second kappa shape index (κ2) is 12.2. The van der Waals surface area contributed by atoms with Crippen molar-refractivity contribution in [3.8, 4) is 23.5 Å². The first-order valence-electron chi connectivity index (χ1n) is 14.2. The summed E-state index contributed by atoms with van der Waals surface area (Å²) in [6, 6.07) is 10.4. The predicted octanol–water partition coefficient (Wildman–Crippen LogP) is 6.48. The summed E-state index contributed by atoms with van der Waals surface area (Å²) in [7, 11) is 0. The molecule has 204 valence electrons. The Labute approximate surface area is 230 Å². The molecule has 0 bridgehead atoms. The number of hydrogen-bond acceptors (Lipinski definition) is 5. The molecular formula is C33H36FNO4. The first-order chi connectivity index (χ1) is 19.0. The van der Waals surface area contributed by atoms with Crippen LogP contribution in [0.25, 0.3) is 17.2 Å². The molecule has 39 heavy (non-hydrogen) atoms. The van der Waals surface area contributed by atoms with E-state index in [9.17, 15) is 14.0 Å². The van der Waals surface area contributed by atoms with Crippen LogP contribution in [-0.4, -0.2) is 29.6 Å². The summed E-state index contributed by atoms with van der Waals surface area (Å²) in [5, 5.41) is 0. The van der Waals surface area contributed by atoms with E-state index in [0.29, 0.717) is 30.8 Å². The monoisotopic (exact) mass is 529 g/mol. The molecule has 7 atom stereocenters. The van der Waals surface area contributed by atoms with Gasteiger partial charge in [-0.25, -0.2) is 4.39 Å². The van der Waals surface area contributed by atoms with E-state index in [1.807, 2.05) is 31.2 Å². The first kappa shape index (κ1) is 27.1. The van der Waals surface area contributed by atoms with E-state index in [2.05, 4.69) is 17.0 Å². The van der Waals surface area contributed by atoms with E-state index < -0.39 is 6.10 Å². The summed E-state index contributed by atoms with van der Waals surface area (Å²) in [4.78, 5) is 29.2. The number of pyridine rings is 1. The third kappa shape index (κ3) is 6.08. The van der Waals surface area contributed by atoms with E-state index in [0.717, 1.165) is 55.3 Å². The number of cyclic esters (lactones) is 1. The highest BCUT2D eigenvalue weighted by molar-refractivity contribution is 5.76. The summed E-state index contributed by atoms with van der Waals surface area (Å²) < 4.78 is 24.4. The Morgan fingerprint density at radius 2 is 2.10 bits per heavy atom. The smallest absolute Gasteiger partial charge is 0.310 e. The van der Waals surface area contributed by atoms with Gasteiger partial charge in [-0.1, -0.05) is 36.6 Å². The van der Waals surface area contributed by atoms with Gasteiger partial charge in [0.2, 0.25) is 0 Å². The lowest BCUT2D eigenvalue weighted by molar-refractivity contribution is -0.144. The van der Waals surface area contributed by atoms with Crippen LogP contribution in [0.2, 0.25) is 0 Å². The number of aromatic nitrogens is 1. The largest absolute Gasteiger partial charge is 0.466 e. The Kier molecular flexibility index (Phi) is 8.45. The zero-order chi connectivity index (χ0) is 27.4. The number of fused-ring (bicyclic) bond motifs is 2. The van der Waals surface area contributed by atoms with Gasteiger partial charge in [-0.05, 0) is 92.5 Å². The van der Waals surface area contributed by atoms with Gasteiger partial charge in [0.25, 0.3) is 0 Å². The number of halogens is 1. The van der Waals surface area contributed by atoms with Crippen LogP contribution < -0.4 is 0 Å². The van der Waals surface area contributed by atoms with Crippen molar-refractivity contribution >= 4 is 18.0 Å². The number of carbonyl (C=O) groups excluding carboxylic acids is 2. The van der Waals surface area contributed by atoms with Crippen LogP contribution in [0.1, 0.15) is 57.6 Å². The molecule has 1 saturated heterocycles. The van der Waals surface area contributed by atoms with Gasteiger partial charge in [0.15, 0.2) is 6.10 Å². The highest BCUT2D eigenvalue weighted by atomic mass is 19.1. The van der Waals surface area contributed by atoms with Crippen LogP contribution in [0.15, 0.2) is 48.7 Å². The molecule has 0 unspecified atom stereocenters. The molecule has 1 aromatic heterocycles. The van der Waals surface area contributed by atoms with Crippen molar-refractivity contribution in [2.45, 2.75) is 58.0 Å².